The summed E-state index contributed by atoms with van der Waals surface area (Å²) in [4.78, 5) is 12.4. The van der Waals surface area contributed by atoms with Gasteiger partial charge in [0.05, 0.1) is 25.6 Å². The summed E-state index contributed by atoms with van der Waals surface area (Å²) in [6, 6.07) is 14.2. The summed E-state index contributed by atoms with van der Waals surface area (Å²) in [7, 11) is 3.15. The van der Waals surface area contributed by atoms with Crippen molar-refractivity contribution in [1.29, 1.82) is 0 Å². The van der Waals surface area contributed by atoms with Crippen LogP contribution in [0.5, 0.6) is 11.5 Å². The first kappa shape index (κ1) is 19.4. The molecule has 2 aromatic carbocycles. The van der Waals surface area contributed by atoms with E-state index in [-0.39, 0.29) is 5.69 Å². The fourth-order valence-electron chi connectivity index (χ4n) is 2.54. The van der Waals surface area contributed by atoms with E-state index >= 15 is 0 Å². The van der Waals surface area contributed by atoms with Crippen molar-refractivity contribution in [2.45, 2.75) is 6.92 Å². The number of hydrogen-bond donors (Lipinski definition) is 2. The number of hydrazone groups is 1. The third-order valence-corrected chi connectivity index (χ3v) is 4.34. The number of carbonyl (C=O) groups excluding carboxylic acids is 1. The van der Waals surface area contributed by atoms with Crippen LogP contribution >= 0.6 is 11.6 Å². The standard InChI is InChI=1S/C20H19ClN4O3/c1-12(13-4-6-14(21)7-5-13)22-25-20(26)18-11-17(23-24-18)16-10-15(27-2)8-9-19(16)28-3/h4-11H,1-3H3,(H,23,24)(H,25,26)/b22-12+. The molecule has 3 rings (SSSR count). The predicted octanol–water partition coefficient (Wildman–Crippen LogP) is 3.90. The van der Waals surface area contributed by atoms with E-state index in [4.69, 9.17) is 21.1 Å². The molecular weight excluding hydrogens is 380 g/mol. The van der Waals surface area contributed by atoms with E-state index in [2.05, 4.69) is 20.7 Å². The second-order valence-electron chi connectivity index (χ2n) is 5.88. The topological polar surface area (TPSA) is 88.6 Å². The number of rotatable bonds is 6. The van der Waals surface area contributed by atoms with Gasteiger partial charge in [-0.1, -0.05) is 23.7 Å². The third kappa shape index (κ3) is 4.32. The summed E-state index contributed by atoms with van der Waals surface area (Å²) in [5.74, 6) is 0.873. The lowest BCUT2D eigenvalue weighted by atomic mass is 10.1. The van der Waals surface area contributed by atoms with Crippen molar-refractivity contribution in [3.63, 3.8) is 0 Å². The number of nitrogens with zero attached hydrogens (tertiary/aromatic N) is 2. The van der Waals surface area contributed by atoms with Gasteiger partial charge in [-0.15, -0.1) is 0 Å². The number of nitrogens with one attached hydrogen (secondary N) is 2. The Morgan fingerprint density at radius 1 is 1.11 bits per heavy atom. The van der Waals surface area contributed by atoms with Gasteiger partial charge in [-0.05, 0) is 48.9 Å². The SMILES string of the molecule is COc1ccc(OC)c(-c2cc(C(=O)N/N=C(\C)c3ccc(Cl)cc3)[nH]n2)c1. The van der Waals surface area contributed by atoms with E-state index < -0.39 is 5.91 Å². The first-order valence-corrected chi connectivity index (χ1v) is 8.78. The number of methoxy groups -OCH3 is 2. The van der Waals surface area contributed by atoms with Crippen molar-refractivity contribution in [3.05, 3.63) is 64.8 Å². The predicted molar refractivity (Wildman–Crippen MR) is 108 cm³/mol. The van der Waals surface area contributed by atoms with Gasteiger partial charge in [0.2, 0.25) is 0 Å². The lowest BCUT2D eigenvalue weighted by Gasteiger charge is -2.08. The molecule has 0 aliphatic heterocycles. The van der Waals surface area contributed by atoms with E-state index in [1.165, 1.54) is 0 Å². The number of aromatic nitrogens is 2. The van der Waals surface area contributed by atoms with Crippen molar-refractivity contribution in [1.82, 2.24) is 15.6 Å². The van der Waals surface area contributed by atoms with Crippen LogP contribution in [0.4, 0.5) is 0 Å². The molecule has 0 saturated heterocycles. The normalized spacial score (nSPS) is 11.2. The maximum atomic E-state index is 12.4. The Morgan fingerprint density at radius 3 is 2.54 bits per heavy atom. The molecule has 0 spiro atoms. The van der Waals surface area contributed by atoms with Crippen molar-refractivity contribution in [2.24, 2.45) is 5.10 Å². The van der Waals surface area contributed by atoms with Gasteiger partial charge < -0.3 is 9.47 Å². The highest BCUT2D eigenvalue weighted by Crippen LogP contribution is 2.32. The largest absolute Gasteiger partial charge is 0.497 e. The third-order valence-electron chi connectivity index (χ3n) is 4.09. The summed E-state index contributed by atoms with van der Waals surface area (Å²) in [6.07, 6.45) is 0. The minimum absolute atomic E-state index is 0.271. The molecule has 3 aromatic rings. The fraction of sp³-hybridized carbons (Fsp3) is 0.150. The van der Waals surface area contributed by atoms with Crippen LogP contribution in [0, 0.1) is 0 Å². The molecule has 0 fully saturated rings. The Morgan fingerprint density at radius 2 is 1.86 bits per heavy atom. The first-order chi connectivity index (χ1) is 13.5. The zero-order valence-electron chi connectivity index (χ0n) is 15.6. The molecule has 1 heterocycles. The summed E-state index contributed by atoms with van der Waals surface area (Å²) in [5, 5.41) is 11.7. The number of H-pyrrole nitrogens is 1. The van der Waals surface area contributed by atoms with Crippen molar-refractivity contribution in [3.8, 4) is 22.8 Å². The Hall–Kier alpha value is -3.32. The Bertz CT molecular complexity index is 1010. The molecule has 0 aliphatic rings. The smallest absolute Gasteiger partial charge is 0.289 e. The average molecular weight is 399 g/mol. The Balaban J connectivity index is 1.77. The van der Waals surface area contributed by atoms with Crippen molar-refractivity contribution >= 4 is 23.2 Å². The molecule has 144 valence electrons. The zero-order chi connectivity index (χ0) is 20.1. The van der Waals surface area contributed by atoms with Gasteiger partial charge in [0, 0.05) is 10.6 Å². The summed E-state index contributed by atoms with van der Waals surface area (Å²) < 4.78 is 10.6. The maximum Gasteiger partial charge on any atom is 0.289 e. The number of ether oxygens (including phenoxy) is 2. The van der Waals surface area contributed by atoms with Gasteiger partial charge in [0.15, 0.2) is 0 Å². The number of amides is 1. The molecule has 1 aromatic heterocycles. The molecule has 0 radical (unpaired) electrons. The Kier molecular flexibility index (Phi) is 5.96. The van der Waals surface area contributed by atoms with Gasteiger partial charge >= 0.3 is 0 Å². The molecule has 1 amide bonds. The average Bonchev–Trinajstić information content (AvgIpc) is 3.22. The molecular formula is C20H19ClN4O3. The fourth-order valence-corrected chi connectivity index (χ4v) is 2.67. The number of aromatic amines is 1. The molecule has 7 nitrogen and oxygen atoms in total. The van der Waals surface area contributed by atoms with Crippen LogP contribution < -0.4 is 14.9 Å². The molecule has 8 heteroatoms. The molecule has 0 atom stereocenters. The van der Waals surface area contributed by atoms with Gasteiger partial charge in [-0.25, -0.2) is 5.43 Å². The first-order valence-electron chi connectivity index (χ1n) is 8.40. The quantitative estimate of drug-likeness (QED) is 0.486. The molecule has 0 bridgehead atoms. The van der Waals surface area contributed by atoms with Gasteiger partial charge in [0.25, 0.3) is 5.91 Å². The lowest BCUT2D eigenvalue weighted by molar-refractivity contribution is 0.0950. The van der Waals surface area contributed by atoms with Gasteiger partial charge in [-0.3, -0.25) is 9.89 Å². The molecule has 0 saturated carbocycles. The van der Waals surface area contributed by atoms with Crippen LogP contribution in [0.2, 0.25) is 5.02 Å². The highest BCUT2D eigenvalue weighted by Gasteiger charge is 2.15. The Labute approximate surface area is 167 Å². The second-order valence-corrected chi connectivity index (χ2v) is 6.31. The summed E-state index contributed by atoms with van der Waals surface area (Å²) in [6.45, 7) is 1.79. The van der Waals surface area contributed by atoms with Crippen molar-refractivity contribution in [2.75, 3.05) is 14.2 Å². The maximum absolute atomic E-state index is 12.4. The summed E-state index contributed by atoms with van der Waals surface area (Å²) >= 11 is 5.88. The van der Waals surface area contributed by atoms with Gasteiger partial charge in [0.1, 0.15) is 17.2 Å². The molecule has 0 aliphatic carbocycles. The number of benzene rings is 2. The van der Waals surface area contributed by atoms with E-state index in [1.807, 2.05) is 12.1 Å². The highest BCUT2D eigenvalue weighted by molar-refractivity contribution is 6.30. The zero-order valence-corrected chi connectivity index (χ0v) is 16.4. The van der Waals surface area contributed by atoms with Crippen LogP contribution in [0.3, 0.4) is 0 Å². The molecule has 28 heavy (non-hydrogen) atoms. The van der Waals surface area contributed by atoms with E-state index in [9.17, 15) is 4.79 Å². The van der Waals surface area contributed by atoms with Crippen LogP contribution in [0.15, 0.2) is 53.6 Å². The van der Waals surface area contributed by atoms with Crippen LogP contribution in [-0.4, -0.2) is 36.0 Å². The molecule has 2 N–H and O–H groups in total. The summed E-state index contributed by atoms with van der Waals surface area (Å²) in [5.41, 5.74) is 5.56. The van der Waals surface area contributed by atoms with E-state index in [1.54, 1.807) is 57.5 Å². The van der Waals surface area contributed by atoms with Gasteiger partial charge in [-0.2, -0.15) is 10.2 Å². The van der Waals surface area contributed by atoms with Crippen LogP contribution in [-0.2, 0) is 0 Å². The highest BCUT2D eigenvalue weighted by atomic mass is 35.5. The van der Waals surface area contributed by atoms with E-state index in [0.717, 1.165) is 5.56 Å². The van der Waals surface area contributed by atoms with Crippen LogP contribution in [0.1, 0.15) is 23.0 Å². The number of hydrogen-bond acceptors (Lipinski definition) is 5. The number of halogens is 1. The monoisotopic (exact) mass is 398 g/mol. The molecule has 0 unspecified atom stereocenters. The lowest BCUT2D eigenvalue weighted by Crippen LogP contribution is -2.19. The minimum atomic E-state index is -0.408. The van der Waals surface area contributed by atoms with E-state index in [0.29, 0.717) is 33.5 Å². The second kappa shape index (κ2) is 8.58. The van der Waals surface area contributed by atoms with Crippen molar-refractivity contribution < 1.29 is 14.3 Å². The van der Waals surface area contributed by atoms with Crippen LogP contribution in [0.25, 0.3) is 11.3 Å². The minimum Gasteiger partial charge on any atom is -0.497 e. The number of carbonyl (C=O) groups is 1.